The lowest BCUT2D eigenvalue weighted by atomic mass is 10.1. The number of anilines is 1. The summed E-state index contributed by atoms with van der Waals surface area (Å²) >= 11 is 0. The minimum atomic E-state index is -0.550. The van der Waals surface area contributed by atoms with E-state index in [1.807, 2.05) is 19.9 Å². The van der Waals surface area contributed by atoms with Gasteiger partial charge < -0.3 is 9.80 Å². The van der Waals surface area contributed by atoms with Gasteiger partial charge in [-0.2, -0.15) is 5.26 Å². The fourth-order valence-corrected chi connectivity index (χ4v) is 2.02. The normalized spacial score (nSPS) is 9.81. The van der Waals surface area contributed by atoms with Gasteiger partial charge in [-0.15, -0.1) is 0 Å². The zero-order valence-electron chi connectivity index (χ0n) is 12.4. The number of nitro groups is 1. The number of hydrogen-bond acceptors (Lipinski definition) is 5. The molecule has 0 aliphatic carbocycles. The van der Waals surface area contributed by atoms with Crippen LogP contribution in [0.5, 0.6) is 0 Å². The maximum absolute atomic E-state index is 12.1. The molecule has 0 heterocycles. The summed E-state index contributed by atoms with van der Waals surface area (Å²) in [6.07, 6.45) is 0. The second kappa shape index (κ2) is 7.24. The summed E-state index contributed by atoms with van der Waals surface area (Å²) in [7, 11) is 1.68. The van der Waals surface area contributed by atoms with Crippen molar-refractivity contribution in [3.05, 3.63) is 33.9 Å². The fourth-order valence-electron chi connectivity index (χ4n) is 2.02. The highest BCUT2D eigenvalue weighted by atomic mass is 16.6. The summed E-state index contributed by atoms with van der Waals surface area (Å²) in [6.45, 7) is 5.15. The first-order chi connectivity index (χ1) is 9.94. The topological polar surface area (TPSA) is 90.5 Å². The summed E-state index contributed by atoms with van der Waals surface area (Å²) in [5, 5.41) is 19.8. The van der Waals surface area contributed by atoms with Crippen molar-refractivity contribution in [3.63, 3.8) is 0 Å². The van der Waals surface area contributed by atoms with Gasteiger partial charge in [-0.3, -0.25) is 14.9 Å². The van der Waals surface area contributed by atoms with Gasteiger partial charge in [0.05, 0.1) is 22.7 Å². The van der Waals surface area contributed by atoms with E-state index in [1.54, 1.807) is 16.8 Å². The molecule has 0 aliphatic rings. The van der Waals surface area contributed by atoms with E-state index >= 15 is 0 Å². The van der Waals surface area contributed by atoms with Crippen LogP contribution < -0.4 is 4.90 Å². The van der Waals surface area contributed by atoms with Gasteiger partial charge in [0.2, 0.25) is 5.91 Å². The molecule has 0 saturated carbocycles. The molecule has 1 rings (SSSR count). The lowest BCUT2D eigenvalue weighted by Crippen LogP contribution is -2.39. The highest BCUT2D eigenvalue weighted by molar-refractivity contribution is 5.82. The highest BCUT2D eigenvalue weighted by Gasteiger charge is 2.17. The van der Waals surface area contributed by atoms with Crippen molar-refractivity contribution < 1.29 is 9.72 Å². The molecule has 0 bridgehead atoms. The van der Waals surface area contributed by atoms with Gasteiger partial charge in [0.1, 0.15) is 6.07 Å². The van der Waals surface area contributed by atoms with Crippen molar-refractivity contribution in [1.82, 2.24) is 4.90 Å². The van der Waals surface area contributed by atoms with Crippen molar-refractivity contribution in [1.29, 1.82) is 5.26 Å². The molecule has 0 unspecified atom stereocenters. The van der Waals surface area contributed by atoms with Gasteiger partial charge in [0.15, 0.2) is 0 Å². The highest BCUT2D eigenvalue weighted by Crippen LogP contribution is 2.24. The van der Waals surface area contributed by atoms with Crippen molar-refractivity contribution in [2.75, 3.05) is 31.6 Å². The average Bonchev–Trinajstić information content (AvgIpc) is 2.47. The number of rotatable bonds is 6. The first-order valence-corrected chi connectivity index (χ1v) is 6.62. The van der Waals surface area contributed by atoms with Crippen LogP contribution in [0.2, 0.25) is 0 Å². The largest absolute Gasteiger partial charge is 0.364 e. The molecule has 7 heteroatoms. The predicted octanol–water partition coefficient (Wildman–Crippen LogP) is 1.77. The number of non-ortho nitro benzene ring substituents is 1. The second-order valence-corrected chi connectivity index (χ2v) is 4.49. The van der Waals surface area contributed by atoms with Gasteiger partial charge in [0, 0.05) is 32.3 Å². The number of likely N-dealkylation sites (N-methyl/N-ethyl adjacent to an activating group) is 2. The molecule has 1 aromatic carbocycles. The van der Waals surface area contributed by atoms with Crippen LogP contribution in [0.4, 0.5) is 11.4 Å². The first kappa shape index (κ1) is 16.4. The SMILES string of the molecule is CCN(CC)C(=O)CN(C)c1ccc([N+](=O)[O-])cc1C#N. The fraction of sp³-hybridized carbons (Fsp3) is 0.429. The molecule has 7 nitrogen and oxygen atoms in total. The zero-order valence-corrected chi connectivity index (χ0v) is 12.4. The third kappa shape index (κ3) is 3.92. The van der Waals surface area contributed by atoms with Crippen LogP contribution >= 0.6 is 0 Å². The number of carbonyl (C=O) groups is 1. The molecule has 0 radical (unpaired) electrons. The maximum Gasteiger partial charge on any atom is 0.270 e. The number of nitro benzene ring substituents is 1. The van der Waals surface area contributed by atoms with Gasteiger partial charge in [-0.1, -0.05) is 0 Å². The number of nitriles is 1. The molecular weight excluding hydrogens is 272 g/mol. The van der Waals surface area contributed by atoms with Gasteiger partial charge in [-0.25, -0.2) is 0 Å². The smallest absolute Gasteiger partial charge is 0.270 e. The predicted molar refractivity (Wildman–Crippen MR) is 79.0 cm³/mol. The Balaban J connectivity index is 2.97. The van der Waals surface area contributed by atoms with Gasteiger partial charge in [0.25, 0.3) is 5.69 Å². The summed E-state index contributed by atoms with van der Waals surface area (Å²) < 4.78 is 0. The molecular formula is C14H18N4O3. The first-order valence-electron chi connectivity index (χ1n) is 6.62. The van der Waals surface area contributed by atoms with Crippen LogP contribution in [0.3, 0.4) is 0 Å². The van der Waals surface area contributed by atoms with Crippen molar-refractivity contribution in [2.45, 2.75) is 13.8 Å². The molecule has 0 aliphatic heterocycles. The summed E-state index contributed by atoms with van der Waals surface area (Å²) in [4.78, 5) is 25.5. The van der Waals surface area contributed by atoms with Crippen LogP contribution in [0.1, 0.15) is 19.4 Å². The molecule has 0 atom stereocenters. The number of amides is 1. The molecule has 0 saturated heterocycles. The minimum absolute atomic E-state index is 0.0512. The van der Waals surface area contributed by atoms with Crippen LogP contribution in [0.25, 0.3) is 0 Å². The van der Waals surface area contributed by atoms with E-state index in [0.29, 0.717) is 18.8 Å². The Morgan fingerprint density at radius 1 is 1.38 bits per heavy atom. The van der Waals surface area contributed by atoms with E-state index in [1.165, 1.54) is 18.2 Å². The lowest BCUT2D eigenvalue weighted by Gasteiger charge is -2.24. The van der Waals surface area contributed by atoms with Crippen LogP contribution in [-0.2, 0) is 4.79 Å². The molecule has 21 heavy (non-hydrogen) atoms. The molecule has 1 amide bonds. The molecule has 0 fully saturated rings. The van der Waals surface area contributed by atoms with Crippen LogP contribution in [0.15, 0.2) is 18.2 Å². The van der Waals surface area contributed by atoms with Crippen molar-refractivity contribution >= 4 is 17.3 Å². The average molecular weight is 290 g/mol. The molecule has 112 valence electrons. The van der Waals surface area contributed by atoms with Crippen molar-refractivity contribution in [2.24, 2.45) is 0 Å². The van der Waals surface area contributed by atoms with Crippen LogP contribution in [0, 0.1) is 21.4 Å². The van der Waals surface area contributed by atoms with E-state index < -0.39 is 4.92 Å². The molecule has 1 aromatic rings. The Labute approximate surface area is 123 Å². The summed E-state index contributed by atoms with van der Waals surface area (Å²) in [5.41, 5.74) is 0.543. The minimum Gasteiger partial charge on any atom is -0.364 e. The Morgan fingerprint density at radius 2 is 2.00 bits per heavy atom. The number of carbonyl (C=O) groups excluding carboxylic acids is 1. The molecule has 0 aromatic heterocycles. The maximum atomic E-state index is 12.1. The lowest BCUT2D eigenvalue weighted by molar-refractivity contribution is -0.384. The third-order valence-electron chi connectivity index (χ3n) is 3.21. The van der Waals surface area contributed by atoms with Gasteiger partial charge in [-0.05, 0) is 19.9 Å². The Morgan fingerprint density at radius 3 is 2.48 bits per heavy atom. The number of benzene rings is 1. The van der Waals surface area contributed by atoms with E-state index in [-0.39, 0.29) is 23.7 Å². The second-order valence-electron chi connectivity index (χ2n) is 4.49. The standard InChI is InChI=1S/C14H18N4O3/c1-4-17(5-2)14(19)10-16(3)13-7-6-12(18(20)21)8-11(13)9-15/h6-8H,4-5,10H2,1-3H3. The van der Waals surface area contributed by atoms with Crippen LogP contribution in [-0.4, -0.2) is 42.4 Å². The third-order valence-corrected chi connectivity index (χ3v) is 3.21. The van der Waals surface area contributed by atoms with E-state index in [0.717, 1.165) is 0 Å². The number of hydrogen-bond donors (Lipinski definition) is 0. The number of nitrogens with zero attached hydrogens (tertiary/aromatic N) is 4. The van der Waals surface area contributed by atoms with E-state index in [9.17, 15) is 14.9 Å². The Hall–Kier alpha value is -2.62. The van der Waals surface area contributed by atoms with Gasteiger partial charge >= 0.3 is 0 Å². The van der Waals surface area contributed by atoms with Crippen molar-refractivity contribution in [3.8, 4) is 6.07 Å². The molecule has 0 spiro atoms. The Bertz CT molecular complexity index is 576. The summed E-state index contributed by atoms with van der Waals surface area (Å²) in [6, 6.07) is 5.97. The zero-order chi connectivity index (χ0) is 16.0. The Kier molecular flexibility index (Phi) is 5.67. The quantitative estimate of drug-likeness (QED) is 0.588. The van der Waals surface area contributed by atoms with E-state index in [4.69, 9.17) is 5.26 Å². The monoisotopic (exact) mass is 290 g/mol. The van der Waals surface area contributed by atoms with E-state index in [2.05, 4.69) is 0 Å². The summed E-state index contributed by atoms with van der Waals surface area (Å²) in [5.74, 6) is -0.0512. The molecule has 0 N–H and O–H groups in total.